The Morgan fingerprint density at radius 1 is 0.794 bits per heavy atom. The van der Waals surface area contributed by atoms with E-state index in [1.807, 2.05) is 25.4 Å². The minimum Gasteiger partial charge on any atom is -0.309 e. The van der Waals surface area contributed by atoms with E-state index in [9.17, 15) is 0 Å². The van der Waals surface area contributed by atoms with Crippen LogP contribution in [0.25, 0.3) is 55.0 Å². The number of pyridine rings is 1. The van der Waals surface area contributed by atoms with Crippen LogP contribution in [0.15, 0.2) is 109 Å². The molecule has 0 N–H and O–H groups in total. The molecule has 0 atom stereocenters. The Morgan fingerprint density at radius 2 is 1.41 bits per heavy atom. The Kier molecular flexibility index (Phi) is 4.66. The molecule has 0 aliphatic carbocycles. The Morgan fingerprint density at radius 3 is 2.12 bits per heavy atom. The van der Waals surface area contributed by atoms with Crippen molar-refractivity contribution in [2.75, 3.05) is 7.05 Å². The molecule has 34 heavy (non-hydrogen) atoms. The zero-order chi connectivity index (χ0) is 23.2. The second-order valence-corrected chi connectivity index (χ2v) is 8.52. The summed E-state index contributed by atoms with van der Waals surface area (Å²) in [4.78, 5) is 4.16. The van der Waals surface area contributed by atoms with Crippen molar-refractivity contribution in [1.29, 1.82) is 0 Å². The van der Waals surface area contributed by atoms with Gasteiger partial charge in [-0.15, -0.1) is 0 Å². The van der Waals surface area contributed by atoms with Crippen LogP contribution in [0, 0.1) is 0 Å². The molecule has 3 aromatic heterocycles. The molecule has 0 radical (unpaired) electrons. The lowest BCUT2D eigenvalue weighted by atomic mass is 10.1. The fraction of sp³-hybridized carbons (Fsp3) is 0.0667. The van der Waals surface area contributed by atoms with Crippen molar-refractivity contribution in [3.63, 3.8) is 0 Å². The van der Waals surface area contributed by atoms with Gasteiger partial charge < -0.3 is 9.13 Å². The molecule has 4 heteroatoms. The zero-order valence-corrected chi connectivity index (χ0v) is 19.3. The first-order chi connectivity index (χ1) is 16.7. The lowest BCUT2D eigenvalue weighted by Gasteiger charge is -2.09. The number of aromatic nitrogens is 3. The van der Waals surface area contributed by atoms with E-state index in [2.05, 4.69) is 110 Å². The molecule has 3 aromatic carbocycles. The van der Waals surface area contributed by atoms with Crippen LogP contribution in [0.4, 0.5) is 0 Å². The standard InChI is InChI=1S/C30H25N4/c1-4-21(13-16-31-2)33-27-11-7-5-9-23(27)25-20-30-26(19-29(25)33)24-10-6-8-12-28(24)34(30)22-14-17-32(3)18-15-22/h4-20H,1H2,2-3H3/q+1/b21-13+,31-16?. The predicted octanol–water partition coefficient (Wildman–Crippen LogP) is 6.44. The monoisotopic (exact) mass is 441 g/mol. The third kappa shape index (κ3) is 2.92. The average Bonchev–Trinajstić information content (AvgIpc) is 3.37. The van der Waals surface area contributed by atoms with Gasteiger partial charge in [0.1, 0.15) is 7.05 Å². The summed E-state index contributed by atoms with van der Waals surface area (Å²) in [6, 6.07) is 26.2. The SMILES string of the molecule is C=C/C(=C\C=NC)n1c2ccccc2c2cc3c(cc21)c1ccccc1n3-c1cc[n+](C)cc1. The van der Waals surface area contributed by atoms with Gasteiger partial charge in [0.25, 0.3) is 0 Å². The maximum Gasteiger partial charge on any atom is 0.170 e. The number of hydrogen-bond donors (Lipinski definition) is 0. The van der Waals surface area contributed by atoms with Crippen LogP contribution in [-0.2, 0) is 7.05 Å². The number of nitrogens with zero attached hydrogens (tertiary/aromatic N) is 4. The maximum absolute atomic E-state index is 4.16. The molecule has 4 nitrogen and oxygen atoms in total. The van der Waals surface area contributed by atoms with Gasteiger partial charge in [-0.3, -0.25) is 4.99 Å². The van der Waals surface area contributed by atoms with E-state index in [-0.39, 0.29) is 0 Å². The van der Waals surface area contributed by atoms with E-state index in [1.54, 1.807) is 7.05 Å². The van der Waals surface area contributed by atoms with Gasteiger partial charge in [0.2, 0.25) is 0 Å². The maximum atomic E-state index is 4.16. The summed E-state index contributed by atoms with van der Waals surface area (Å²) >= 11 is 0. The highest BCUT2D eigenvalue weighted by molar-refractivity contribution is 6.19. The molecular weight excluding hydrogens is 416 g/mol. The molecule has 0 spiro atoms. The largest absolute Gasteiger partial charge is 0.309 e. The second kappa shape index (κ2) is 7.85. The smallest absolute Gasteiger partial charge is 0.170 e. The number of para-hydroxylation sites is 2. The van der Waals surface area contributed by atoms with Gasteiger partial charge in [0.15, 0.2) is 12.4 Å². The van der Waals surface area contributed by atoms with Gasteiger partial charge in [0.05, 0.1) is 27.8 Å². The molecule has 0 fully saturated rings. The summed E-state index contributed by atoms with van der Waals surface area (Å²) in [7, 11) is 3.83. The normalized spacial score (nSPS) is 12.6. The number of aliphatic imine (C=N–C) groups is 1. The molecule has 164 valence electrons. The summed E-state index contributed by atoms with van der Waals surface area (Å²) in [5, 5.41) is 4.91. The van der Waals surface area contributed by atoms with Crippen molar-refractivity contribution in [2.45, 2.75) is 0 Å². The van der Waals surface area contributed by atoms with E-state index in [0.29, 0.717) is 0 Å². The van der Waals surface area contributed by atoms with Gasteiger partial charge in [-0.25, -0.2) is 4.57 Å². The van der Waals surface area contributed by atoms with Crippen LogP contribution < -0.4 is 4.57 Å². The van der Waals surface area contributed by atoms with E-state index in [4.69, 9.17) is 0 Å². The predicted molar refractivity (Wildman–Crippen MR) is 144 cm³/mol. The number of aryl methyl sites for hydroxylation is 1. The first-order valence-electron chi connectivity index (χ1n) is 11.4. The van der Waals surface area contributed by atoms with Gasteiger partial charge in [-0.05, 0) is 36.4 Å². The Bertz CT molecular complexity index is 1780. The molecule has 0 saturated heterocycles. The topological polar surface area (TPSA) is 26.1 Å². The van der Waals surface area contributed by atoms with Crippen LogP contribution in [0.1, 0.15) is 0 Å². The van der Waals surface area contributed by atoms with Crippen molar-refractivity contribution >= 4 is 55.5 Å². The van der Waals surface area contributed by atoms with Crippen LogP contribution in [-0.4, -0.2) is 22.4 Å². The lowest BCUT2D eigenvalue weighted by molar-refractivity contribution is -0.671. The number of allylic oxidation sites excluding steroid dienone is 3. The minimum absolute atomic E-state index is 0.996. The number of rotatable bonds is 4. The van der Waals surface area contributed by atoms with Gasteiger partial charge in [-0.1, -0.05) is 43.0 Å². The average molecular weight is 442 g/mol. The summed E-state index contributed by atoms with van der Waals surface area (Å²) in [5.41, 5.74) is 6.86. The highest BCUT2D eigenvalue weighted by Gasteiger charge is 2.18. The Balaban J connectivity index is 1.80. The summed E-state index contributed by atoms with van der Waals surface area (Å²) < 4.78 is 6.71. The molecule has 6 aromatic rings. The highest BCUT2D eigenvalue weighted by atomic mass is 15.0. The number of hydrogen-bond acceptors (Lipinski definition) is 1. The molecular formula is C30H25N4+. The fourth-order valence-corrected chi connectivity index (χ4v) is 5.01. The summed E-state index contributed by atoms with van der Waals surface area (Å²) in [6.45, 7) is 4.09. The van der Waals surface area contributed by atoms with Gasteiger partial charge >= 0.3 is 0 Å². The number of benzene rings is 3. The van der Waals surface area contributed by atoms with Crippen molar-refractivity contribution in [3.05, 3.63) is 104 Å². The lowest BCUT2D eigenvalue weighted by Crippen LogP contribution is -2.26. The van der Waals surface area contributed by atoms with Crippen LogP contribution >= 0.6 is 0 Å². The van der Waals surface area contributed by atoms with E-state index >= 15 is 0 Å². The molecule has 3 heterocycles. The molecule has 0 unspecified atom stereocenters. The van der Waals surface area contributed by atoms with E-state index < -0.39 is 0 Å². The highest BCUT2D eigenvalue weighted by Crippen LogP contribution is 2.39. The van der Waals surface area contributed by atoms with Crippen molar-refractivity contribution < 1.29 is 4.57 Å². The molecule has 0 aliphatic heterocycles. The molecule has 0 amide bonds. The Labute approximate surface area is 198 Å². The van der Waals surface area contributed by atoms with Crippen molar-refractivity contribution in [1.82, 2.24) is 9.13 Å². The summed E-state index contributed by atoms with van der Waals surface area (Å²) in [6.07, 6.45) is 9.91. The van der Waals surface area contributed by atoms with Gasteiger partial charge in [-0.2, -0.15) is 0 Å². The fourth-order valence-electron chi connectivity index (χ4n) is 5.01. The number of fused-ring (bicyclic) bond motifs is 6. The van der Waals surface area contributed by atoms with E-state index in [0.717, 1.165) is 22.4 Å². The third-order valence-corrected chi connectivity index (χ3v) is 6.55. The molecule has 0 aliphatic rings. The van der Waals surface area contributed by atoms with Crippen molar-refractivity contribution in [2.24, 2.45) is 12.0 Å². The van der Waals surface area contributed by atoms with Gasteiger partial charge in [0, 0.05) is 52.6 Å². The summed E-state index contributed by atoms with van der Waals surface area (Å²) in [5.74, 6) is 0. The minimum atomic E-state index is 0.996. The van der Waals surface area contributed by atoms with Crippen molar-refractivity contribution in [3.8, 4) is 5.69 Å². The Hall–Kier alpha value is -4.44. The first kappa shape index (κ1) is 20.2. The van der Waals surface area contributed by atoms with Crippen LogP contribution in [0.5, 0.6) is 0 Å². The molecule has 0 saturated carbocycles. The molecule has 6 rings (SSSR count). The quantitative estimate of drug-likeness (QED) is 0.171. The zero-order valence-electron chi connectivity index (χ0n) is 19.3. The molecule has 0 bridgehead atoms. The van der Waals surface area contributed by atoms with E-state index in [1.165, 1.54) is 32.6 Å². The second-order valence-electron chi connectivity index (χ2n) is 8.52. The third-order valence-electron chi connectivity index (χ3n) is 6.55. The van der Waals surface area contributed by atoms with Crippen LogP contribution in [0.2, 0.25) is 0 Å². The first-order valence-corrected chi connectivity index (χ1v) is 11.4. The van der Waals surface area contributed by atoms with Crippen LogP contribution in [0.3, 0.4) is 0 Å².